The van der Waals surface area contributed by atoms with E-state index in [0.29, 0.717) is 22.9 Å². The topological polar surface area (TPSA) is 92.4 Å². The largest absolute Gasteiger partial charge is 0.479 e. The zero-order valence-electron chi connectivity index (χ0n) is 11.8. The van der Waals surface area contributed by atoms with Gasteiger partial charge in [0.25, 0.3) is 5.91 Å². The van der Waals surface area contributed by atoms with Gasteiger partial charge in [-0.2, -0.15) is 11.8 Å². The first kappa shape index (κ1) is 15.1. The van der Waals surface area contributed by atoms with Crippen molar-refractivity contribution in [1.29, 1.82) is 0 Å². The fourth-order valence-corrected chi connectivity index (χ4v) is 4.29. The van der Waals surface area contributed by atoms with Gasteiger partial charge in [0.1, 0.15) is 17.0 Å². The average Bonchev–Trinajstić information content (AvgIpc) is 3.17. The molecule has 8 heteroatoms. The molecule has 116 valence electrons. The Kier molecular flexibility index (Phi) is 3.96. The Morgan fingerprint density at radius 3 is 2.86 bits per heavy atom. The number of thiazole rings is 1. The first-order chi connectivity index (χ1) is 10.5. The molecule has 2 aromatic rings. The van der Waals surface area contributed by atoms with Crippen LogP contribution in [-0.4, -0.2) is 39.0 Å². The minimum Gasteiger partial charge on any atom is -0.479 e. The summed E-state index contributed by atoms with van der Waals surface area (Å²) in [7, 11) is 0. The summed E-state index contributed by atoms with van der Waals surface area (Å²) >= 11 is 2.81. The summed E-state index contributed by atoms with van der Waals surface area (Å²) in [5.41, 5.74) is -0.973. The predicted molar refractivity (Wildman–Crippen MR) is 84.3 cm³/mol. The summed E-state index contributed by atoms with van der Waals surface area (Å²) in [6, 6.07) is 3.62. The van der Waals surface area contributed by atoms with Gasteiger partial charge in [0, 0.05) is 11.1 Å². The number of carboxylic acids is 1. The lowest BCUT2D eigenvalue weighted by molar-refractivity contribution is -0.143. The maximum atomic E-state index is 12.3. The number of furan rings is 1. The predicted octanol–water partition coefficient (Wildman–Crippen LogP) is 2.40. The number of hydrogen-bond donors (Lipinski definition) is 2. The number of aromatic nitrogens is 1. The van der Waals surface area contributed by atoms with E-state index in [9.17, 15) is 14.7 Å². The van der Waals surface area contributed by atoms with E-state index in [1.54, 1.807) is 11.4 Å². The van der Waals surface area contributed by atoms with Gasteiger partial charge in [-0.05, 0) is 31.2 Å². The third-order valence-electron chi connectivity index (χ3n) is 3.47. The SMILES string of the molecule is Cc1ccc(-c2nc(C(=O)NC3(C(=O)O)CCSC3)cs2)o1. The van der Waals surface area contributed by atoms with Gasteiger partial charge >= 0.3 is 5.97 Å². The standard InChI is InChI=1S/C14H14N2O4S2/c1-8-2-3-10(20-8)12-15-9(6-22-12)11(17)16-14(13(18)19)4-5-21-7-14/h2-3,6H,4-5,7H2,1H3,(H,16,17)(H,18,19). The highest BCUT2D eigenvalue weighted by atomic mass is 32.2. The second-order valence-corrected chi connectivity index (χ2v) is 7.06. The summed E-state index contributed by atoms with van der Waals surface area (Å²) in [5.74, 6) is 1.01. The maximum absolute atomic E-state index is 12.3. The van der Waals surface area contributed by atoms with Crippen molar-refractivity contribution in [2.75, 3.05) is 11.5 Å². The molecule has 2 N–H and O–H groups in total. The number of amides is 1. The zero-order chi connectivity index (χ0) is 15.7. The van der Waals surface area contributed by atoms with Gasteiger partial charge in [-0.3, -0.25) is 4.79 Å². The first-order valence-electron chi connectivity index (χ1n) is 6.66. The number of carboxylic acid groups (broad SMARTS) is 1. The van der Waals surface area contributed by atoms with Crippen LogP contribution in [-0.2, 0) is 4.79 Å². The van der Waals surface area contributed by atoms with Gasteiger partial charge in [-0.15, -0.1) is 11.3 Å². The molecule has 22 heavy (non-hydrogen) atoms. The fourth-order valence-electron chi connectivity index (χ4n) is 2.21. The Balaban J connectivity index is 1.78. The van der Waals surface area contributed by atoms with Crippen LogP contribution in [0.1, 0.15) is 22.7 Å². The van der Waals surface area contributed by atoms with Crippen molar-refractivity contribution in [3.63, 3.8) is 0 Å². The number of aliphatic carboxylic acids is 1. The molecule has 0 aliphatic carbocycles. The van der Waals surface area contributed by atoms with Crippen LogP contribution in [0.15, 0.2) is 21.9 Å². The molecular formula is C14H14N2O4S2. The third-order valence-corrected chi connectivity index (χ3v) is 5.52. The summed E-state index contributed by atoms with van der Waals surface area (Å²) in [5, 5.41) is 14.2. The lowest BCUT2D eigenvalue weighted by Gasteiger charge is -2.23. The normalized spacial score (nSPS) is 21.0. The van der Waals surface area contributed by atoms with Crippen molar-refractivity contribution in [3.05, 3.63) is 29.0 Å². The molecule has 1 saturated heterocycles. The Morgan fingerprint density at radius 1 is 1.45 bits per heavy atom. The molecule has 1 aliphatic heterocycles. The highest BCUT2D eigenvalue weighted by Gasteiger charge is 2.43. The summed E-state index contributed by atoms with van der Waals surface area (Å²) in [6.45, 7) is 1.83. The van der Waals surface area contributed by atoms with Crippen molar-refractivity contribution >= 4 is 35.0 Å². The van der Waals surface area contributed by atoms with E-state index in [2.05, 4.69) is 10.3 Å². The van der Waals surface area contributed by atoms with E-state index in [1.165, 1.54) is 23.1 Å². The van der Waals surface area contributed by atoms with Crippen molar-refractivity contribution in [2.45, 2.75) is 18.9 Å². The maximum Gasteiger partial charge on any atom is 0.330 e. The van der Waals surface area contributed by atoms with E-state index in [0.717, 1.165) is 11.5 Å². The van der Waals surface area contributed by atoms with Gasteiger partial charge in [-0.25, -0.2) is 9.78 Å². The van der Waals surface area contributed by atoms with Crippen LogP contribution in [0.4, 0.5) is 0 Å². The minimum atomic E-state index is -1.19. The molecule has 2 aromatic heterocycles. The molecule has 0 bridgehead atoms. The molecule has 1 fully saturated rings. The van der Waals surface area contributed by atoms with Gasteiger partial charge in [0.2, 0.25) is 0 Å². The van der Waals surface area contributed by atoms with Gasteiger partial charge in [0.15, 0.2) is 10.8 Å². The number of nitrogens with zero attached hydrogens (tertiary/aromatic N) is 1. The highest BCUT2D eigenvalue weighted by Crippen LogP contribution is 2.29. The molecule has 1 atom stereocenters. The van der Waals surface area contributed by atoms with Crippen molar-refractivity contribution in [3.8, 4) is 10.8 Å². The molecule has 1 aliphatic rings. The minimum absolute atomic E-state index is 0.214. The van der Waals surface area contributed by atoms with Gasteiger partial charge < -0.3 is 14.8 Å². The number of aryl methyl sites for hydroxylation is 1. The van der Waals surface area contributed by atoms with Crippen molar-refractivity contribution in [2.24, 2.45) is 0 Å². The number of hydrogen-bond acceptors (Lipinski definition) is 6. The smallest absolute Gasteiger partial charge is 0.330 e. The molecule has 3 heterocycles. The van der Waals surface area contributed by atoms with Crippen LogP contribution >= 0.6 is 23.1 Å². The van der Waals surface area contributed by atoms with Crippen LogP contribution in [0.3, 0.4) is 0 Å². The van der Waals surface area contributed by atoms with E-state index in [4.69, 9.17) is 4.42 Å². The van der Waals surface area contributed by atoms with Crippen LogP contribution in [0.2, 0.25) is 0 Å². The number of thioether (sulfide) groups is 1. The second-order valence-electron chi connectivity index (χ2n) is 5.09. The van der Waals surface area contributed by atoms with Gasteiger partial charge in [0.05, 0.1) is 0 Å². The van der Waals surface area contributed by atoms with E-state index < -0.39 is 17.4 Å². The molecule has 0 radical (unpaired) electrons. The number of rotatable bonds is 4. The zero-order valence-corrected chi connectivity index (χ0v) is 13.4. The Labute approximate surface area is 134 Å². The molecular weight excluding hydrogens is 324 g/mol. The summed E-state index contributed by atoms with van der Waals surface area (Å²) in [4.78, 5) is 28.0. The van der Waals surface area contributed by atoms with Gasteiger partial charge in [-0.1, -0.05) is 0 Å². The Hall–Kier alpha value is -1.80. The average molecular weight is 338 g/mol. The third kappa shape index (κ3) is 2.76. The first-order valence-corrected chi connectivity index (χ1v) is 8.70. The fraction of sp³-hybridized carbons (Fsp3) is 0.357. The van der Waals surface area contributed by atoms with Crippen LogP contribution in [0.25, 0.3) is 10.8 Å². The number of nitrogens with one attached hydrogen (secondary N) is 1. The van der Waals surface area contributed by atoms with Crippen molar-refractivity contribution in [1.82, 2.24) is 10.3 Å². The quantitative estimate of drug-likeness (QED) is 0.889. The van der Waals surface area contributed by atoms with Crippen LogP contribution < -0.4 is 5.32 Å². The summed E-state index contributed by atoms with van der Waals surface area (Å²) < 4.78 is 5.47. The van der Waals surface area contributed by atoms with E-state index in [-0.39, 0.29) is 5.69 Å². The number of carbonyl (C=O) groups is 2. The summed E-state index contributed by atoms with van der Waals surface area (Å²) in [6.07, 6.45) is 0.424. The molecule has 0 spiro atoms. The van der Waals surface area contributed by atoms with Crippen LogP contribution in [0, 0.1) is 6.92 Å². The van der Waals surface area contributed by atoms with E-state index >= 15 is 0 Å². The van der Waals surface area contributed by atoms with Crippen molar-refractivity contribution < 1.29 is 19.1 Å². The second kappa shape index (κ2) is 5.77. The molecule has 3 rings (SSSR count). The highest BCUT2D eigenvalue weighted by molar-refractivity contribution is 7.99. The molecule has 0 aromatic carbocycles. The lowest BCUT2D eigenvalue weighted by atomic mass is 9.99. The Morgan fingerprint density at radius 2 is 2.27 bits per heavy atom. The Bertz CT molecular complexity index is 716. The molecule has 1 unspecified atom stereocenters. The molecule has 6 nitrogen and oxygen atoms in total. The lowest BCUT2D eigenvalue weighted by Crippen LogP contribution is -2.54. The molecule has 0 saturated carbocycles. The van der Waals surface area contributed by atoms with Crippen LogP contribution in [0.5, 0.6) is 0 Å². The monoisotopic (exact) mass is 338 g/mol. The number of carbonyl (C=O) groups excluding carboxylic acids is 1. The van der Waals surface area contributed by atoms with E-state index in [1.807, 2.05) is 13.0 Å². The molecule has 1 amide bonds.